The molecule has 2 aromatic heterocycles. The van der Waals surface area contributed by atoms with E-state index in [1.165, 1.54) is 0 Å². The molecule has 4 rings (SSSR count). The summed E-state index contributed by atoms with van der Waals surface area (Å²) >= 11 is 0. The van der Waals surface area contributed by atoms with Crippen LogP contribution in [0.1, 0.15) is 26.2 Å². The largest absolute Gasteiger partial charge is 0.369 e. The summed E-state index contributed by atoms with van der Waals surface area (Å²) in [7, 11) is 2.13. The molecule has 0 bridgehead atoms. The van der Waals surface area contributed by atoms with Crippen LogP contribution in [-0.2, 0) is 4.79 Å². The van der Waals surface area contributed by atoms with Gasteiger partial charge in [0.05, 0.1) is 12.6 Å². The number of nitrogens with one attached hydrogen (secondary N) is 1. The van der Waals surface area contributed by atoms with E-state index in [1.807, 2.05) is 17.3 Å². The first-order chi connectivity index (χ1) is 14.1. The Morgan fingerprint density at radius 2 is 2.10 bits per heavy atom. The molecule has 1 amide bonds. The SMILES string of the molecule is C[C@@H]1CCN(C(=O)CN2CCC(C#N)CC2)CC1N(C)c1ccnc2[nH]ccc12. The van der Waals surface area contributed by atoms with E-state index in [1.54, 1.807) is 0 Å². The molecular weight excluding hydrogens is 364 g/mol. The van der Waals surface area contributed by atoms with Crippen molar-refractivity contribution >= 4 is 22.6 Å². The first-order valence-electron chi connectivity index (χ1n) is 10.6. The average molecular weight is 395 g/mol. The average Bonchev–Trinajstić information content (AvgIpc) is 3.23. The highest BCUT2D eigenvalue weighted by atomic mass is 16.2. The minimum absolute atomic E-state index is 0.154. The Kier molecular flexibility index (Phi) is 5.72. The number of rotatable bonds is 4. The number of hydrogen-bond acceptors (Lipinski definition) is 5. The number of hydrogen-bond donors (Lipinski definition) is 1. The molecular formula is C22H30N6O. The lowest BCUT2D eigenvalue weighted by Gasteiger charge is -2.43. The number of carbonyl (C=O) groups is 1. The zero-order chi connectivity index (χ0) is 20.4. The standard InChI is InChI=1S/C22H30N6O/c1-16-5-12-28(21(29)15-27-10-6-17(13-23)7-11-27)14-20(16)26(2)19-4-9-25-22-18(19)3-8-24-22/h3-4,8-9,16-17,20H,5-7,10-12,14-15H2,1-2H3,(H,24,25)/t16-,20?/m1/s1. The van der Waals surface area contributed by atoms with Crippen molar-refractivity contribution in [3.63, 3.8) is 0 Å². The maximum absolute atomic E-state index is 13.0. The van der Waals surface area contributed by atoms with Gasteiger partial charge in [-0.3, -0.25) is 9.69 Å². The van der Waals surface area contributed by atoms with Crippen LogP contribution in [0.3, 0.4) is 0 Å². The highest BCUT2D eigenvalue weighted by Gasteiger charge is 2.33. The number of carbonyl (C=O) groups excluding carboxylic acids is 1. The summed E-state index contributed by atoms with van der Waals surface area (Å²) in [6, 6.07) is 6.76. The van der Waals surface area contributed by atoms with Gasteiger partial charge in [-0.05, 0) is 50.4 Å². The maximum Gasteiger partial charge on any atom is 0.236 e. The van der Waals surface area contributed by atoms with Crippen LogP contribution >= 0.6 is 0 Å². The second-order valence-electron chi connectivity index (χ2n) is 8.53. The molecule has 154 valence electrons. The monoisotopic (exact) mass is 394 g/mol. The van der Waals surface area contributed by atoms with Crippen molar-refractivity contribution in [2.45, 2.75) is 32.2 Å². The molecule has 2 aliphatic heterocycles. The van der Waals surface area contributed by atoms with Crippen LogP contribution in [-0.4, -0.2) is 71.5 Å². The van der Waals surface area contributed by atoms with Crippen molar-refractivity contribution in [1.82, 2.24) is 19.8 Å². The normalized spacial score (nSPS) is 23.8. The Balaban J connectivity index is 1.42. The zero-order valence-corrected chi connectivity index (χ0v) is 17.3. The number of nitriles is 1. The Morgan fingerprint density at radius 1 is 1.31 bits per heavy atom. The fourth-order valence-corrected chi connectivity index (χ4v) is 4.72. The number of amides is 1. The summed E-state index contributed by atoms with van der Waals surface area (Å²) in [5.74, 6) is 0.880. The molecule has 2 saturated heterocycles. The molecule has 0 aromatic carbocycles. The summed E-state index contributed by atoms with van der Waals surface area (Å²) in [5, 5.41) is 10.2. The smallest absolute Gasteiger partial charge is 0.236 e. The molecule has 2 aromatic rings. The van der Waals surface area contributed by atoms with Crippen molar-refractivity contribution in [1.29, 1.82) is 5.26 Å². The topological polar surface area (TPSA) is 79.3 Å². The predicted molar refractivity (Wildman–Crippen MR) is 113 cm³/mol. The molecule has 29 heavy (non-hydrogen) atoms. The third-order valence-electron chi connectivity index (χ3n) is 6.72. The summed E-state index contributed by atoms with van der Waals surface area (Å²) in [5.41, 5.74) is 2.05. The van der Waals surface area contributed by atoms with Crippen LogP contribution in [0.15, 0.2) is 24.5 Å². The van der Waals surface area contributed by atoms with E-state index in [2.05, 4.69) is 51.9 Å². The summed E-state index contributed by atoms with van der Waals surface area (Å²) in [6.07, 6.45) is 6.52. The first kappa shape index (κ1) is 19.7. The molecule has 2 fully saturated rings. The highest BCUT2D eigenvalue weighted by molar-refractivity contribution is 5.89. The van der Waals surface area contributed by atoms with E-state index < -0.39 is 0 Å². The van der Waals surface area contributed by atoms with Gasteiger partial charge < -0.3 is 14.8 Å². The Labute approximate surface area is 172 Å². The number of aromatic amines is 1. The summed E-state index contributed by atoms with van der Waals surface area (Å²) < 4.78 is 0. The van der Waals surface area contributed by atoms with Crippen LogP contribution < -0.4 is 4.90 Å². The van der Waals surface area contributed by atoms with Gasteiger partial charge in [0.25, 0.3) is 0 Å². The predicted octanol–water partition coefficient (Wildman–Crippen LogP) is 2.47. The third-order valence-corrected chi connectivity index (χ3v) is 6.72. The zero-order valence-electron chi connectivity index (χ0n) is 17.3. The molecule has 1 unspecified atom stereocenters. The number of pyridine rings is 1. The minimum Gasteiger partial charge on any atom is -0.369 e. The second-order valence-corrected chi connectivity index (χ2v) is 8.53. The lowest BCUT2D eigenvalue weighted by molar-refractivity contribution is -0.134. The number of likely N-dealkylation sites (tertiary alicyclic amines) is 2. The van der Waals surface area contributed by atoms with Gasteiger partial charge in [-0.2, -0.15) is 5.26 Å². The van der Waals surface area contributed by atoms with E-state index >= 15 is 0 Å². The Morgan fingerprint density at radius 3 is 2.86 bits per heavy atom. The van der Waals surface area contributed by atoms with Crippen LogP contribution in [0.5, 0.6) is 0 Å². The number of likely N-dealkylation sites (N-methyl/N-ethyl adjacent to an activating group) is 1. The second kappa shape index (κ2) is 8.42. The quantitative estimate of drug-likeness (QED) is 0.862. The maximum atomic E-state index is 13.0. The molecule has 2 atom stereocenters. The molecule has 0 spiro atoms. The fourth-order valence-electron chi connectivity index (χ4n) is 4.72. The van der Waals surface area contributed by atoms with Crippen molar-refractivity contribution in [3.05, 3.63) is 24.5 Å². The van der Waals surface area contributed by atoms with Gasteiger partial charge in [0.1, 0.15) is 5.65 Å². The molecule has 7 heteroatoms. The van der Waals surface area contributed by atoms with E-state index in [4.69, 9.17) is 5.26 Å². The molecule has 0 radical (unpaired) electrons. The minimum atomic E-state index is 0.154. The molecule has 2 aliphatic rings. The number of anilines is 1. The number of aromatic nitrogens is 2. The number of piperidine rings is 2. The van der Waals surface area contributed by atoms with Crippen LogP contribution in [0.2, 0.25) is 0 Å². The molecule has 1 N–H and O–H groups in total. The molecule has 0 saturated carbocycles. The lowest BCUT2D eigenvalue weighted by atomic mass is 9.91. The van der Waals surface area contributed by atoms with Crippen LogP contribution in [0.4, 0.5) is 5.69 Å². The highest BCUT2D eigenvalue weighted by Crippen LogP contribution is 2.30. The molecule has 7 nitrogen and oxygen atoms in total. The number of fused-ring (bicyclic) bond motifs is 1. The van der Waals surface area contributed by atoms with E-state index in [-0.39, 0.29) is 17.9 Å². The van der Waals surface area contributed by atoms with Gasteiger partial charge in [-0.25, -0.2) is 4.98 Å². The summed E-state index contributed by atoms with van der Waals surface area (Å²) in [6.45, 7) is 6.03. The molecule has 0 aliphatic carbocycles. The third kappa shape index (κ3) is 4.08. The summed E-state index contributed by atoms with van der Waals surface area (Å²) in [4.78, 5) is 27.1. The van der Waals surface area contributed by atoms with Gasteiger partial charge in [0.2, 0.25) is 5.91 Å². The van der Waals surface area contributed by atoms with E-state index in [0.29, 0.717) is 12.5 Å². The van der Waals surface area contributed by atoms with Crippen molar-refractivity contribution < 1.29 is 4.79 Å². The van der Waals surface area contributed by atoms with Gasteiger partial charge in [-0.15, -0.1) is 0 Å². The van der Waals surface area contributed by atoms with Gasteiger partial charge in [-0.1, -0.05) is 6.92 Å². The van der Waals surface area contributed by atoms with Gasteiger partial charge in [0.15, 0.2) is 0 Å². The number of H-pyrrole nitrogens is 1. The fraction of sp³-hybridized carbons (Fsp3) is 0.591. The van der Waals surface area contributed by atoms with Crippen molar-refractivity contribution in [2.24, 2.45) is 11.8 Å². The van der Waals surface area contributed by atoms with Crippen LogP contribution in [0.25, 0.3) is 11.0 Å². The Hall–Kier alpha value is -2.59. The van der Waals surface area contributed by atoms with Crippen molar-refractivity contribution in [3.8, 4) is 6.07 Å². The van der Waals surface area contributed by atoms with Gasteiger partial charge >= 0.3 is 0 Å². The van der Waals surface area contributed by atoms with Crippen molar-refractivity contribution in [2.75, 3.05) is 44.7 Å². The van der Waals surface area contributed by atoms with Crippen LogP contribution in [0, 0.1) is 23.2 Å². The molecule has 4 heterocycles. The number of nitrogens with zero attached hydrogens (tertiary/aromatic N) is 5. The van der Waals surface area contributed by atoms with Gasteiger partial charge in [0, 0.05) is 55.6 Å². The lowest BCUT2D eigenvalue weighted by Crippen LogP contribution is -2.54. The van der Waals surface area contributed by atoms with E-state index in [9.17, 15) is 4.79 Å². The Bertz CT molecular complexity index is 894. The van der Waals surface area contributed by atoms with E-state index in [0.717, 1.165) is 62.2 Å². The first-order valence-corrected chi connectivity index (χ1v) is 10.6.